The number of rotatable bonds is 3. The maximum atomic E-state index is 12.4. The van der Waals surface area contributed by atoms with Gasteiger partial charge in [-0.3, -0.25) is 9.48 Å². The molecule has 1 aliphatic rings. The zero-order valence-corrected chi connectivity index (χ0v) is 10.5. The second-order valence-corrected chi connectivity index (χ2v) is 4.92. The van der Waals surface area contributed by atoms with E-state index in [0.29, 0.717) is 11.6 Å². The van der Waals surface area contributed by atoms with Gasteiger partial charge in [-0.2, -0.15) is 5.10 Å². The molecule has 0 saturated heterocycles. The van der Waals surface area contributed by atoms with Gasteiger partial charge in [-0.25, -0.2) is 0 Å². The van der Waals surface area contributed by atoms with E-state index in [4.69, 9.17) is 0 Å². The second kappa shape index (κ2) is 4.41. The maximum absolute atomic E-state index is 12.4. The Hall–Kier alpha value is -1.90. The number of benzene rings is 1. The lowest BCUT2D eigenvalue weighted by Crippen LogP contribution is -2.14. The topological polar surface area (TPSA) is 34.9 Å². The Bertz CT molecular complexity index is 582. The summed E-state index contributed by atoms with van der Waals surface area (Å²) in [5.74, 6) is 0.604. The van der Waals surface area contributed by atoms with Gasteiger partial charge in [0.2, 0.25) is 5.78 Å². The van der Waals surface area contributed by atoms with Gasteiger partial charge in [-0.05, 0) is 30.4 Å². The highest BCUT2D eigenvalue weighted by Crippen LogP contribution is 2.38. The molecule has 0 bridgehead atoms. The third-order valence-corrected chi connectivity index (χ3v) is 3.70. The first-order valence-corrected chi connectivity index (χ1v) is 6.39. The largest absolute Gasteiger partial charge is 0.287 e. The highest BCUT2D eigenvalue weighted by molar-refractivity contribution is 6.08. The molecule has 18 heavy (non-hydrogen) atoms. The molecule has 0 spiro atoms. The van der Waals surface area contributed by atoms with Gasteiger partial charge in [-0.15, -0.1) is 0 Å². The van der Waals surface area contributed by atoms with Crippen LogP contribution in [0.1, 0.15) is 46.8 Å². The van der Waals surface area contributed by atoms with Crippen molar-refractivity contribution in [2.75, 3.05) is 0 Å². The fourth-order valence-electron chi connectivity index (χ4n) is 2.45. The van der Waals surface area contributed by atoms with Gasteiger partial charge in [-0.1, -0.05) is 30.7 Å². The molecule has 0 N–H and O–H groups in total. The molecule has 1 aliphatic carbocycles. The summed E-state index contributed by atoms with van der Waals surface area (Å²) in [4.78, 5) is 12.4. The van der Waals surface area contributed by atoms with Crippen LogP contribution in [0, 0.1) is 0 Å². The smallest absolute Gasteiger partial charge is 0.213 e. The minimum Gasteiger partial charge on any atom is -0.287 e. The molecule has 1 saturated carbocycles. The standard InChI is InChI=1S/C15H16N2O/c1-17-10-9-14(16-17)15(18)13-8-3-2-7-12(13)11-5-4-6-11/h2-3,7-11H,4-6H2,1H3. The first kappa shape index (κ1) is 11.2. The summed E-state index contributed by atoms with van der Waals surface area (Å²) >= 11 is 0. The van der Waals surface area contributed by atoms with Gasteiger partial charge in [0.05, 0.1) is 0 Å². The zero-order valence-electron chi connectivity index (χ0n) is 10.5. The highest BCUT2D eigenvalue weighted by atomic mass is 16.1. The molecule has 1 aromatic heterocycles. The van der Waals surface area contributed by atoms with Crippen LogP contribution in [0.4, 0.5) is 0 Å². The molecule has 3 nitrogen and oxygen atoms in total. The van der Waals surface area contributed by atoms with Crippen LogP contribution in [0.5, 0.6) is 0 Å². The zero-order chi connectivity index (χ0) is 12.5. The average Bonchev–Trinajstić information content (AvgIpc) is 2.74. The average molecular weight is 240 g/mol. The van der Waals surface area contributed by atoms with Crippen molar-refractivity contribution in [2.24, 2.45) is 7.05 Å². The van der Waals surface area contributed by atoms with E-state index in [9.17, 15) is 4.79 Å². The number of ketones is 1. The first-order valence-electron chi connectivity index (χ1n) is 6.39. The lowest BCUT2D eigenvalue weighted by Gasteiger charge is -2.27. The SMILES string of the molecule is Cn1ccc(C(=O)c2ccccc2C2CCC2)n1. The molecule has 1 heterocycles. The van der Waals surface area contributed by atoms with Crippen molar-refractivity contribution in [1.82, 2.24) is 9.78 Å². The van der Waals surface area contributed by atoms with E-state index in [2.05, 4.69) is 11.2 Å². The van der Waals surface area contributed by atoms with Gasteiger partial charge in [0.15, 0.2) is 0 Å². The molecule has 0 amide bonds. The van der Waals surface area contributed by atoms with Crippen LogP contribution in [-0.4, -0.2) is 15.6 Å². The summed E-state index contributed by atoms with van der Waals surface area (Å²) in [6, 6.07) is 9.73. The van der Waals surface area contributed by atoms with E-state index in [0.717, 1.165) is 5.56 Å². The van der Waals surface area contributed by atoms with Crippen molar-refractivity contribution in [3.05, 3.63) is 53.3 Å². The van der Waals surface area contributed by atoms with Gasteiger partial charge in [0.25, 0.3) is 0 Å². The Kier molecular flexibility index (Phi) is 2.74. The van der Waals surface area contributed by atoms with Crippen LogP contribution in [0.2, 0.25) is 0 Å². The van der Waals surface area contributed by atoms with Gasteiger partial charge in [0, 0.05) is 18.8 Å². The molecule has 0 aliphatic heterocycles. The molecule has 3 heteroatoms. The summed E-state index contributed by atoms with van der Waals surface area (Å²) in [5, 5.41) is 4.20. The summed E-state index contributed by atoms with van der Waals surface area (Å²) in [6.45, 7) is 0. The third-order valence-electron chi connectivity index (χ3n) is 3.70. The Morgan fingerprint density at radius 3 is 2.67 bits per heavy atom. The van der Waals surface area contributed by atoms with E-state index in [1.807, 2.05) is 25.2 Å². The Balaban J connectivity index is 1.98. The Morgan fingerprint density at radius 1 is 1.28 bits per heavy atom. The van der Waals surface area contributed by atoms with Crippen molar-refractivity contribution >= 4 is 5.78 Å². The number of aromatic nitrogens is 2. The minimum absolute atomic E-state index is 0.0399. The highest BCUT2D eigenvalue weighted by Gasteiger charge is 2.25. The van der Waals surface area contributed by atoms with Crippen LogP contribution >= 0.6 is 0 Å². The molecule has 1 aromatic carbocycles. The fourth-order valence-corrected chi connectivity index (χ4v) is 2.45. The predicted molar refractivity (Wildman–Crippen MR) is 69.7 cm³/mol. The molecule has 1 fully saturated rings. The Morgan fingerprint density at radius 2 is 2.06 bits per heavy atom. The van der Waals surface area contributed by atoms with Crippen LogP contribution in [0.25, 0.3) is 0 Å². The third kappa shape index (κ3) is 1.86. The number of hydrogen-bond donors (Lipinski definition) is 0. The van der Waals surface area contributed by atoms with Crippen molar-refractivity contribution in [3.8, 4) is 0 Å². The monoisotopic (exact) mass is 240 g/mol. The quantitative estimate of drug-likeness (QED) is 0.773. The fraction of sp³-hybridized carbons (Fsp3) is 0.333. The van der Waals surface area contributed by atoms with E-state index >= 15 is 0 Å². The number of carbonyl (C=O) groups excluding carboxylic acids is 1. The van der Waals surface area contributed by atoms with Gasteiger partial charge in [0.1, 0.15) is 5.69 Å². The van der Waals surface area contributed by atoms with Crippen molar-refractivity contribution in [1.29, 1.82) is 0 Å². The van der Waals surface area contributed by atoms with Crippen molar-refractivity contribution in [3.63, 3.8) is 0 Å². The number of aryl methyl sites for hydroxylation is 1. The van der Waals surface area contributed by atoms with Crippen LogP contribution in [0.3, 0.4) is 0 Å². The molecule has 0 unspecified atom stereocenters. The van der Waals surface area contributed by atoms with E-state index in [1.54, 1.807) is 16.9 Å². The first-order chi connectivity index (χ1) is 8.75. The predicted octanol–water partition coefficient (Wildman–Crippen LogP) is 2.92. The minimum atomic E-state index is 0.0399. The summed E-state index contributed by atoms with van der Waals surface area (Å²) in [6.07, 6.45) is 5.48. The molecule has 92 valence electrons. The van der Waals surface area contributed by atoms with Crippen molar-refractivity contribution < 1.29 is 4.79 Å². The molecular formula is C15H16N2O. The molecule has 2 aromatic rings. The van der Waals surface area contributed by atoms with E-state index < -0.39 is 0 Å². The molecule has 3 rings (SSSR count). The maximum Gasteiger partial charge on any atom is 0.213 e. The normalized spacial score (nSPS) is 15.4. The lowest BCUT2D eigenvalue weighted by atomic mass is 9.77. The molecule has 0 atom stereocenters. The van der Waals surface area contributed by atoms with Crippen molar-refractivity contribution in [2.45, 2.75) is 25.2 Å². The van der Waals surface area contributed by atoms with Crippen LogP contribution < -0.4 is 0 Å². The molecular weight excluding hydrogens is 224 g/mol. The lowest BCUT2D eigenvalue weighted by molar-refractivity contribution is 0.103. The summed E-state index contributed by atoms with van der Waals surface area (Å²) in [5.41, 5.74) is 2.55. The summed E-state index contributed by atoms with van der Waals surface area (Å²) < 4.78 is 1.67. The van der Waals surface area contributed by atoms with Gasteiger partial charge < -0.3 is 0 Å². The second-order valence-electron chi connectivity index (χ2n) is 4.92. The van der Waals surface area contributed by atoms with Crippen LogP contribution in [0.15, 0.2) is 36.5 Å². The number of carbonyl (C=O) groups is 1. The van der Waals surface area contributed by atoms with E-state index in [1.165, 1.54) is 24.8 Å². The number of nitrogens with zero attached hydrogens (tertiary/aromatic N) is 2. The summed E-state index contributed by atoms with van der Waals surface area (Å²) in [7, 11) is 1.83. The van der Waals surface area contributed by atoms with Gasteiger partial charge >= 0.3 is 0 Å². The van der Waals surface area contributed by atoms with E-state index in [-0.39, 0.29) is 5.78 Å². The Labute approximate surface area is 106 Å². The number of hydrogen-bond acceptors (Lipinski definition) is 2. The molecule has 0 radical (unpaired) electrons. The van der Waals surface area contributed by atoms with Crippen LogP contribution in [-0.2, 0) is 7.05 Å².